The molecule has 2 amide bonds. The van der Waals surface area contributed by atoms with Crippen LogP contribution >= 0.6 is 22.9 Å². The molecule has 1 fully saturated rings. The van der Waals surface area contributed by atoms with Gasteiger partial charge in [-0.15, -0.1) is 11.3 Å². The summed E-state index contributed by atoms with van der Waals surface area (Å²) in [5, 5.41) is 26.5. The summed E-state index contributed by atoms with van der Waals surface area (Å²) in [6, 6.07) is 11.0. The molecular weight excluding hydrogens is 518 g/mol. The number of rotatable bonds is 10. The van der Waals surface area contributed by atoms with Gasteiger partial charge >= 0.3 is 0 Å². The number of piperazine rings is 1. The van der Waals surface area contributed by atoms with Gasteiger partial charge in [0.25, 0.3) is 11.8 Å². The lowest BCUT2D eigenvalue weighted by Gasteiger charge is -2.37. The standard InChI is InChI=1S/C25H28ClN5O5S/c26-19-3-1-2-4-20(19)30-11-13-31(14-12-30)25(35)23(33)22(32)24(34)28-10-7-21-29-17(16-37-21)15-36-18-5-8-27-9-6-18/h1-6,8-9,16,22-23,32-33H,7,10-15H2,(H,28,34)/t22-,23-/m1/s1. The Kier molecular flexibility index (Phi) is 9.29. The monoisotopic (exact) mass is 545 g/mol. The summed E-state index contributed by atoms with van der Waals surface area (Å²) in [6.07, 6.45) is 0.0163. The number of benzene rings is 1. The Labute approximate surface area is 223 Å². The Morgan fingerprint density at radius 2 is 1.81 bits per heavy atom. The lowest BCUT2D eigenvalue weighted by Crippen LogP contribution is -2.55. The SMILES string of the molecule is O=C(NCCc1nc(COc2ccncc2)cs1)[C@H](O)[C@@H](O)C(=O)N1CCN(c2ccccc2Cl)CC1. The summed E-state index contributed by atoms with van der Waals surface area (Å²) in [5.74, 6) is -0.796. The van der Waals surface area contributed by atoms with Crippen LogP contribution in [0.2, 0.25) is 5.02 Å². The number of aromatic nitrogens is 2. The van der Waals surface area contributed by atoms with E-state index in [-0.39, 0.29) is 6.54 Å². The first-order valence-corrected chi connectivity index (χ1v) is 13.1. The summed E-state index contributed by atoms with van der Waals surface area (Å²) in [5.41, 5.74) is 1.64. The first-order valence-electron chi connectivity index (χ1n) is 11.8. The molecule has 4 rings (SSSR count). The third-order valence-electron chi connectivity index (χ3n) is 5.88. The van der Waals surface area contributed by atoms with Crippen LogP contribution in [0, 0.1) is 0 Å². The zero-order valence-electron chi connectivity index (χ0n) is 20.0. The zero-order chi connectivity index (χ0) is 26.2. The number of pyridine rings is 1. The summed E-state index contributed by atoms with van der Waals surface area (Å²) in [7, 11) is 0. The molecule has 0 aliphatic carbocycles. The van der Waals surface area contributed by atoms with Gasteiger partial charge in [0.2, 0.25) is 0 Å². The fourth-order valence-corrected chi connectivity index (χ4v) is 4.90. The van der Waals surface area contributed by atoms with Crippen LogP contribution in [0.15, 0.2) is 54.2 Å². The normalized spacial score (nSPS) is 15.2. The van der Waals surface area contributed by atoms with Crippen molar-refractivity contribution in [1.29, 1.82) is 0 Å². The van der Waals surface area contributed by atoms with Crippen LogP contribution in [0.1, 0.15) is 10.7 Å². The van der Waals surface area contributed by atoms with E-state index in [1.54, 1.807) is 30.6 Å². The molecule has 2 aromatic heterocycles. The van der Waals surface area contributed by atoms with E-state index in [1.165, 1.54) is 16.2 Å². The molecule has 3 aromatic rings. The van der Waals surface area contributed by atoms with Crippen molar-refractivity contribution in [3.63, 3.8) is 0 Å². The predicted octanol–water partition coefficient (Wildman–Crippen LogP) is 1.50. The highest BCUT2D eigenvalue weighted by Crippen LogP contribution is 2.26. The van der Waals surface area contributed by atoms with Crippen molar-refractivity contribution < 1.29 is 24.5 Å². The Morgan fingerprint density at radius 1 is 1.08 bits per heavy atom. The van der Waals surface area contributed by atoms with Gasteiger partial charge in [-0.2, -0.15) is 0 Å². The molecule has 0 spiro atoms. The van der Waals surface area contributed by atoms with Crippen molar-refractivity contribution in [3.05, 3.63) is 69.9 Å². The Bertz CT molecular complexity index is 1190. The maximum Gasteiger partial charge on any atom is 0.254 e. The highest BCUT2D eigenvalue weighted by Gasteiger charge is 2.34. The topological polar surface area (TPSA) is 128 Å². The number of hydrogen-bond donors (Lipinski definition) is 3. The molecule has 196 valence electrons. The molecule has 2 atom stereocenters. The average Bonchev–Trinajstić information content (AvgIpc) is 3.39. The molecule has 3 N–H and O–H groups in total. The number of nitrogens with zero attached hydrogens (tertiary/aromatic N) is 4. The van der Waals surface area contributed by atoms with E-state index in [2.05, 4.69) is 20.2 Å². The van der Waals surface area contributed by atoms with E-state index >= 15 is 0 Å². The number of aliphatic hydroxyl groups is 2. The van der Waals surface area contributed by atoms with Crippen LogP contribution in [-0.4, -0.2) is 81.8 Å². The highest BCUT2D eigenvalue weighted by molar-refractivity contribution is 7.09. The third-order valence-corrected chi connectivity index (χ3v) is 7.16. The predicted molar refractivity (Wildman–Crippen MR) is 140 cm³/mol. The van der Waals surface area contributed by atoms with Crippen LogP contribution in [0.25, 0.3) is 0 Å². The molecule has 10 nitrogen and oxygen atoms in total. The van der Waals surface area contributed by atoms with Crippen LogP contribution < -0.4 is 15.0 Å². The molecule has 1 aliphatic heterocycles. The number of halogens is 1. The first-order chi connectivity index (χ1) is 17.9. The second-order valence-corrected chi connectivity index (χ2v) is 9.75. The van der Waals surface area contributed by atoms with Gasteiger partial charge in [-0.25, -0.2) is 4.98 Å². The Morgan fingerprint density at radius 3 is 2.54 bits per heavy atom. The maximum atomic E-state index is 12.7. The van der Waals surface area contributed by atoms with E-state index < -0.39 is 24.0 Å². The van der Waals surface area contributed by atoms with Crippen molar-refractivity contribution in [2.45, 2.75) is 25.2 Å². The van der Waals surface area contributed by atoms with E-state index in [0.717, 1.165) is 16.4 Å². The number of nitrogens with one attached hydrogen (secondary N) is 1. The van der Waals surface area contributed by atoms with Gasteiger partial charge in [0.05, 0.1) is 21.4 Å². The number of aliphatic hydroxyl groups excluding tert-OH is 2. The van der Waals surface area contributed by atoms with E-state index in [4.69, 9.17) is 16.3 Å². The highest BCUT2D eigenvalue weighted by atomic mass is 35.5. The lowest BCUT2D eigenvalue weighted by atomic mass is 10.1. The molecule has 12 heteroatoms. The fraction of sp³-hybridized carbons (Fsp3) is 0.360. The third kappa shape index (κ3) is 7.16. The number of carbonyl (C=O) groups is 2. The number of ether oxygens (including phenoxy) is 1. The quantitative estimate of drug-likeness (QED) is 0.350. The minimum atomic E-state index is -1.87. The number of thiazole rings is 1. The Balaban J connectivity index is 1.18. The number of carbonyl (C=O) groups excluding carboxylic acids is 2. The molecule has 1 aromatic carbocycles. The summed E-state index contributed by atoms with van der Waals surface area (Å²) < 4.78 is 5.64. The fourth-order valence-electron chi connectivity index (χ4n) is 3.86. The maximum absolute atomic E-state index is 12.7. The van der Waals surface area contributed by atoms with Crippen LogP contribution in [0.5, 0.6) is 5.75 Å². The molecule has 37 heavy (non-hydrogen) atoms. The van der Waals surface area contributed by atoms with Gasteiger partial charge in [-0.1, -0.05) is 23.7 Å². The summed E-state index contributed by atoms with van der Waals surface area (Å²) in [6.45, 7) is 2.24. The zero-order valence-corrected chi connectivity index (χ0v) is 21.6. The molecule has 0 radical (unpaired) electrons. The molecule has 1 saturated heterocycles. The minimum absolute atomic E-state index is 0.200. The van der Waals surface area contributed by atoms with E-state index in [9.17, 15) is 19.8 Å². The minimum Gasteiger partial charge on any atom is -0.487 e. The molecule has 0 bridgehead atoms. The molecule has 3 heterocycles. The van der Waals surface area contributed by atoms with E-state index in [1.807, 2.05) is 23.6 Å². The van der Waals surface area contributed by atoms with Crippen LogP contribution in [0.3, 0.4) is 0 Å². The second kappa shape index (κ2) is 12.8. The summed E-state index contributed by atoms with van der Waals surface area (Å²) >= 11 is 7.69. The van der Waals surface area contributed by atoms with Gasteiger partial charge in [0.1, 0.15) is 12.4 Å². The van der Waals surface area contributed by atoms with Crippen LogP contribution in [-0.2, 0) is 22.6 Å². The molecule has 0 saturated carbocycles. The first kappa shape index (κ1) is 26.8. The number of amides is 2. The van der Waals surface area contributed by atoms with Gasteiger partial charge in [-0.3, -0.25) is 14.6 Å². The molecule has 1 aliphatic rings. The van der Waals surface area contributed by atoms with Crippen molar-refractivity contribution in [2.24, 2.45) is 0 Å². The lowest BCUT2D eigenvalue weighted by molar-refractivity contribution is -0.153. The largest absolute Gasteiger partial charge is 0.487 e. The molecule has 0 unspecified atom stereocenters. The summed E-state index contributed by atoms with van der Waals surface area (Å²) in [4.78, 5) is 36.9. The number of hydrogen-bond acceptors (Lipinski definition) is 9. The van der Waals surface area contributed by atoms with Gasteiger partial charge in [0.15, 0.2) is 12.2 Å². The van der Waals surface area contributed by atoms with Crippen molar-refractivity contribution >= 4 is 40.4 Å². The van der Waals surface area contributed by atoms with Crippen molar-refractivity contribution in [3.8, 4) is 5.75 Å². The van der Waals surface area contributed by atoms with Crippen molar-refractivity contribution in [2.75, 3.05) is 37.6 Å². The number of para-hydroxylation sites is 1. The van der Waals surface area contributed by atoms with Gasteiger partial charge < -0.3 is 30.1 Å². The smallest absolute Gasteiger partial charge is 0.254 e. The van der Waals surface area contributed by atoms with Crippen LogP contribution in [0.4, 0.5) is 5.69 Å². The number of anilines is 1. The second-order valence-electron chi connectivity index (χ2n) is 8.40. The van der Waals surface area contributed by atoms with Gasteiger partial charge in [0, 0.05) is 56.9 Å². The van der Waals surface area contributed by atoms with Gasteiger partial charge in [-0.05, 0) is 24.3 Å². The van der Waals surface area contributed by atoms with E-state index in [0.29, 0.717) is 50.0 Å². The average molecular weight is 546 g/mol. The Hall–Kier alpha value is -3.25. The van der Waals surface area contributed by atoms with Crippen molar-refractivity contribution in [1.82, 2.24) is 20.2 Å². The molecular formula is C25H28ClN5O5S.